The van der Waals surface area contributed by atoms with Gasteiger partial charge in [-0.2, -0.15) is 0 Å². The molecule has 1 amide bonds. The van der Waals surface area contributed by atoms with Crippen LogP contribution >= 0.6 is 0 Å². The minimum absolute atomic E-state index is 0.250. The van der Waals surface area contributed by atoms with Crippen LogP contribution in [0.25, 0.3) is 11.4 Å². The van der Waals surface area contributed by atoms with E-state index in [1.54, 1.807) is 4.90 Å². The van der Waals surface area contributed by atoms with Crippen molar-refractivity contribution in [2.75, 3.05) is 49.5 Å². The molecule has 1 atom stereocenters. The molecular formula is C20H25N5O2. The highest BCUT2D eigenvalue weighted by atomic mass is 16.5. The Morgan fingerprint density at radius 1 is 1.15 bits per heavy atom. The molecule has 2 saturated heterocycles. The van der Waals surface area contributed by atoms with Gasteiger partial charge in [-0.1, -0.05) is 30.3 Å². The van der Waals surface area contributed by atoms with Crippen LogP contribution in [0.1, 0.15) is 12.8 Å². The zero-order chi connectivity index (χ0) is 18.5. The van der Waals surface area contributed by atoms with Crippen LogP contribution in [-0.4, -0.2) is 66.7 Å². The number of anilines is 2. The smallest absolute Gasteiger partial charge is 0.209 e. The maximum Gasteiger partial charge on any atom is 0.209 e. The molecule has 0 aliphatic carbocycles. The second kappa shape index (κ2) is 8.35. The summed E-state index contributed by atoms with van der Waals surface area (Å²) in [5, 5.41) is 3.43. The minimum atomic E-state index is 0.250. The Balaban J connectivity index is 1.57. The number of rotatable bonds is 6. The van der Waals surface area contributed by atoms with Gasteiger partial charge in [0.1, 0.15) is 11.6 Å². The van der Waals surface area contributed by atoms with Crippen molar-refractivity contribution in [1.29, 1.82) is 0 Å². The molecule has 4 rings (SSSR count). The number of ether oxygens (including phenoxy) is 1. The lowest BCUT2D eigenvalue weighted by Crippen LogP contribution is -2.46. The van der Waals surface area contributed by atoms with Crippen molar-refractivity contribution in [2.24, 2.45) is 0 Å². The summed E-state index contributed by atoms with van der Waals surface area (Å²) in [6.07, 6.45) is 3.38. The third kappa shape index (κ3) is 4.36. The molecule has 3 heterocycles. The Morgan fingerprint density at radius 3 is 2.67 bits per heavy atom. The SMILES string of the molecule is O=CN1CCN(c2cc(NCC3CCCO3)nc(-c3ccccc3)n2)CC1. The van der Waals surface area contributed by atoms with Crippen molar-refractivity contribution in [3.8, 4) is 11.4 Å². The highest BCUT2D eigenvalue weighted by Crippen LogP contribution is 2.24. The largest absolute Gasteiger partial charge is 0.376 e. The number of amides is 1. The molecule has 7 nitrogen and oxygen atoms in total. The topological polar surface area (TPSA) is 70.6 Å². The number of hydrogen-bond acceptors (Lipinski definition) is 6. The van der Waals surface area contributed by atoms with E-state index in [1.165, 1.54) is 0 Å². The van der Waals surface area contributed by atoms with Crippen molar-refractivity contribution >= 4 is 18.0 Å². The van der Waals surface area contributed by atoms with E-state index in [0.29, 0.717) is 18.9 Å². The van der Waals surface area contributed by atoms with Gasteiger partial charge in [-0.3, -0.25) is 4.79 Å². The number of carbonyl (C=O) groups excluding carboxylic acids is 1. The quantitative estimate of drug-likeness (QED) is 0.788. The first-order valence-electron chi connectivity index (χ1n) is 9.56. The molecule has 7 heteroatoms. The van der Waals surface area contributed by atoms with Crippen LogP contribution in [0.5, 0.6) is 0 Å². The Kier molecular flexibility index (Phi) is 5.48. The number of benzene rings is 1. The normalized spacial score (nSPS) is 19.9. The number of carbonyl (C=O) groups is 1. The molecule has 2 aromatic rings. The molecule has 27 heavy (non-hydrogen) atoms. The van der Waals surface area contributed by atoms with Gasteiger partial charge in [-0.25, -0.2) is 9.97 Å². The molecule has 1 unspecified atom stereocenters. The maximum absolute atomic E-state index is 11.0. The number of nitrogens with one attached hydrogen (secondary N) is 1. The van der Waals surface area contributed by atoms with Crippen LogP contribution in [0.3, 0.4) is 0 Å². The van der Waals surface area contributed by atoms with Gasteiger partial charge >= 0.3 is 0 Å². The number of aromatic nitrogens is 2. The predicted molar refractivity (Wildman–Crippen MR) is 105 cm³/mol. The average molecular weight is 367 g/mol. The summed E-state index contributed by atoms with van der Waals surface area (Å²) in [5.41, 5.74) is 0.992. The second-order valence-corrected chi connectivity index (χ2v) is 6.95. The van der Waals surface area contributed by atoms with Gasteiger partial charge in [-0.05, 0) is 12.8 Å². The van der Waals surface area contributed by atoms with Gasteiger partial charge in [0.2, 0.25) is 6.41 Å². The number of piperazine rings is 1. The van der Waals surface area contributed by atoms with Crippen molar-refractivity contribution in [3.05, 3.63) is 36.4 Å². The standard InChI is InChI=1S/C20H25N5O2/c26-15-24-8-10-25(11-9-24)19-13-18(21-14-17-7-4-12-27-17)22-20(23-19)16-5-2-1-3-6-16/h1-3,5-6,13,15,17H,4,7-12,14H2,(H,21,22,23). The van der Waals surface area contributed by atoms with Crippen molar-refractivity contribution < 1.29 is 9.53 Å². The summed E-state index contributed by atoms with van der Waals surface area (Å²) in [4.78, 5) is 24.5. The van der Waals surface area contributed by atoms with E-state index >= 15 is 0 Å². The molecular weight excluding hydrogens is 342 g/mol. The van der Waals surface area contributed by atoms with E-state index in [-0.39, 0.29) is 6.10 Å². The molecule has 142 valence electrons. The van der Waals surface area contributed by atoms with Gasteiger partial charge in [0, 0.05) is 51.0 Å². The summed E-state index contributed by atoms with van der Waals surface area (Å²) >= 11 is 0. The van der Waals surface area contributed by atoms with E-state index in [9.17, 15) is 4.79 Å². The lowest BCUT2D eigenvalue weighted by atomic mass is 10.2. The Bertz CT molecular complexity index is 756. The third-order valence-corrected chi connectivity index (χ3v) is 5.07. The average Bonchev–Trinajstić information content (AvgIpc) is 3.26. The first-order chi connectivity index (χ1) is 13.3. The van der Waals surface area contributed by atoms with Gasteiger partial charge in [0.15, 0.2) is 5.82 Å². The lowest BCUT2D eigenvalue weighted by molar-refractivity contribution is -0.118. The summed E-state index contributed by atoms with van der Waals surface area (Å²) < 4.78 is 5.71. The van der Waals surface area contributed by atoms with Gasteiger partial charge in [-0.15, -0.1) is 0 Å². The second-order valence-electron chi connectivity index (χ2n) is 6.95. The molecule has 1 aromatic heterocycles. The summed E-state index contributed by atoms with van der Waals surface area (Å²) in [7, 11) is 0. The Labute approximate surface area is 159 Å². The van der Waals surface area contributed by atoms with Crippen LogP contribution in [-0.2, 0) is 9.53 Å². The molecule has 1 N–H and O–H groups in total. The molecule has 1 aromatic carbocycles. The molecule has 2 aliphatic heterocycles. The fraction of sp³-hybridized carbons (Fsp3) is 0.450. The van der Waals surface area contributed by atoms with E-state index < -0.39 is 0 Å². The minimum Gasteiger partial charge on any atom is -0.376 e. The van der Waals surface area contributed by atoms with E-state index in [0.717, 1.165) is 62.7 Å². The zero-order valence-corrected chi connectivity index (χ0v) is 15.4. The van der Waals surface area contributed by atoms with E-state index in [1.807, 2.05) is 36.4 Å². The zero-order valence-electron chi connectivity index (χ0n) is 15.4. The first-order valence-corrected chi connectivity index (χ1v) is 9.56. The molecule has 0 saturated carbocycles. The summed E-state index contributed by atoms with van der Waals surface area (Å²) in [6.45, 7) is 4.57. The predicted octanol–water partition coefficient (Wildman–Crippen LogP) is 2.01. The van der Waals surface area contributed by atoms with Crippen LogP contribution < -0.4 is 10.2 Å². The van der Waals surface area contributed by atoms with E-state index in [4.69, 9.17) is 14.7 Å². The number of hydrogen-bond donors (Lipinski definition) is 1. The first kappa shape index (κ1) is 17.7. The lowest BCUT2D eigenvalue weighted by Gasteiger charge is -2.33. The Morgan fingerprint density at radius 2 is 1.96 bits per heavy atom. The van der Waals surface area contributed by atoms with Crippen molar-refractivity contribution in [1.82, 2.24) is 14.9 Å². The highest BCUT2D eigenvalue weighted by molar-refractivity contribution is 5.62. The highest BCUT2D eigenvalue weighted by Gasteiger charge is 2.20. The fourth-order valence-electron chi connectivity index (χ4n) is 3.48. The van der Waals surface area contributed by atoms with Gasteiger partial charge in [0.05, 0.1) is 6.10 Å². The third-order valence-electron chi connectivity index (χ3n) is 5.07. The number of nitrogens with zero attached hydrogens (tertiary/aromatic N) is 4. The van der Waals surface area contributed by atoms with Crippen LogP contribution in [0.4, 0.5) is 11.6 Å². The molecule has 0 spiro atoms. The van der Waals surface area contributed by atoms with E-state index in [2.05, 4.69) is 10.2 Å². The maximum atomic E-state index is 11.0. The molecule has 2 fully saturated rings. The van der Waals surface area contributed by atoms with Crippen LogP contribution in [0.2, 0.25) is 0 Å². The molecule has 2 aliphatic rings. The molecule has 0 bridgehead atoms. The summed E-state index contributed by atoms with van der Waals surface area (Å²) in [5.74, 6) is 2.41. The van der Waals surface area contributed by atoms with Crippen molar-refractivity contribution in [2.45, 2.75) is 18.9 Å². The molecule has 0 radical (unpaired) electrons. The van der Waals surface area contributed by atoms with Crippen LogP contribution in [0, 0.1) is 0 Å². The van der Waals surface area contributed by atoms with Crippen molar-refractivity contribution in [3.63, 3.8) is 0 Å². The van der Waals surface area contributed by atoms with Crippen LogP contribution in [0.15, 0.2) is 36.4 Å². The fourth-order valence-corrected chi connectivity index (χ4v) is 3.48. The van der Waals surface area contributed by atoms with Gasteiger partial charge in [0.25, 0.3) is 0 Å². The monoisotopic (exact) mass is 367 g/mol. The van der Waals surface area contributed by atoms with Gasteiger partial charge < -0.3 is 19.9 Å². The Hall–Kier alpha value is -2.67. The summed E-state index contributed by atoms with van der Waals surface area (Å²) in [6, 6.07) is 12.0.